The predicted molar refractivity (Wildman–Crippen MR) is 101 cm³/mol. The molecule has 1 atom stereocenters. The van der Waals surface area contributed by atoms with E-state index in [2.05, 4.69) is 40.7 Å². The van der Waals surface area contributed by atoms with Crippen LogP contribution in [0.5, 0.6) is 0 Å². The number of fused-ring (bicyclic) bond motifs is 3. The molecular weight excluding hydrogens is 314 g/mol. The van der Waals surface area contributed by atoms with Crippen molar-refractivity contribution in [2.45, 2.75) is 52.5 Å². The van der Waals surface area contributed by atoms with E-state index in [4.69, 9.17) is 5.11 Å². The third-order valence-electron chi connectivity index (χ3n) is 5.19. The molecule has 3 rings (SSSR count). The first-order valence-electron chi connectivity index (χ1n) is 9.13. The predicted octanol–water partition coefficient (Wildman–Crippen LogP) is 3.04. The fourth-order valence-electron chi connectivity index (χ4n) is 3.60. The lowest BCUT2D eigenvalue weighted by Gasteiger charge is -2.27. The summed E-state index contributed by atoms with van der Waals surface area (Å²) in [7, 11) is 0. The first-order valence-corrected chi connectivity index (χ1v) is 9.13. The number of nitrogens with one attached hydrogen (secondary N) is 3. The molecule has 0 saturated carbocycles. The van der Waals surface area contributed by atoms with Crippen molar-refractivity contribution in [3.05, 3.63) is 35.0 Å². The van der Waals surface area contributed by atoms with Crippen molar-refractivity contribution in [3.63, 3.8) is 0 Å². The summed E-state index contributed by atoms with van der Waals surface area (Å²) in [6.07, 6.45) is 3.46. The normalized spacial score (nSPS) is 17.4. The number of amides is 2. The molecule has 0 fully saturated rings. The summed E-state index contributed by atoms with van der Waals surface area (Å²) in [6, 6.07) is 6.54. The zero-order valence-electron chi connectivity index (χ0n) is 15.4. The number of urea groups is 1. The standard InChI is InChI=1S/C20H29N3O2/c1-13-4-6-17-15(10-13)16-11-14(5-7-18(16)23-17)22-19(25)21-12-20(2,3)8-9-24/h4,6,10,14,23-24H,5,7-9,11-12H2,1-3H3,(H2,21,22,25). The van der Waals surface area contributed by atoms with Crippen LogP contribution in [0.4, 0.5) is 4.79 Å². The minimum absolute atomic E-state index is 0.0970. The maximum absolute atomic E-state index is 12.2. The zero-order chi connectivity index (χ0) is 18.0. The second-order valence-corrected chi connectivity index (χ2v) is 8.04. The minimum Gasteiger partial charge on any atom is -0.396 e. The van der Waals surface area contributed by atoms with Crippen molar-refractivity contribution < 1.29 is 9.90 Å². The van der Waals surface area contributed by atoms with E-state index in [9.17, 15) is 4.79 Å². The van der Waals surface area contributed by atoms with Gasteiger partial charge >= 0.3 is 6.03 Å². The van der Waals surface area contributed by atoms with Gasteiger partial charge in [-0.3, -0.25) is 0 Å². The Morgan fingerprint density at radius 1 is 1.40 bits per heavy atom. The Labute approximate surface area is 149 Å². The Morgan fingerprint density at radius 2 is 2.20 bits per heavy atom. The highest BCUT2D eigenvalue weighted by molar-refractivity contribution is 5.86. The summed E-state index contributed by atoms with van der Waals surface area (Å²) >= 11 is 0. The van der Waals surface area contributed by atoms with Crippen LogP contribution in [0, 0.1) is 12.3 Å². The summed E-state index contributed by atoms with van der Waals surface area (Å²) in [5, 5.41) is 16.4. The van der Waals surface area contributed by atoms with Gasteiger partial charge in [0.1, 0.15) is 0 Å². The molecule has 1 heterocycles. The SMILES string of the molecule is Cc1ccc2[nH]c3c(c2c1)CC(NC(=O)NCC(C)(C)CCO)CC3. The topological polar surface area (TPSA) is 77.2 Å². The van der Waals surface area contributed by atoms with Gasteiger partial charge in [0.05, 0.1) is 0 Å². The summed E-state index contributed by atoms with van der Waals surface area (Å²) in [5.41, 5.74) is 5.00. The average molecular weight is 343 g/mol. The number of H-pyrrole nitrogens is 1. The van der Waals surface area contributed by atoms with Gasteiger partial charge in [-0.25, -0.2) is 4.79 Å². The van der Waals surface area contributed by atoms with Crippen molar-refractivity contribution in [3.8, 4) is 0 Å². The Bertz CT molecular complexity index is 764. The Hall–Kier alpha value is -2.01. The molecule has 1 aromatic carbocycles. The minimum atomic E-state index is -0.115. The number of aliphatic hydroxyl groups excluding tert-OH is 1. The number of hydrogen-bond acceptors (Lipinski definition) is 2. The van der Waals surface area contributed by atoms with E-state index in [1.54, 1.807) is 0 Å². The number of aromatic nitrogens is 1. The second kappa shape index (κ2) is 7.08. The number of rotatable bonds is 5. The number of carbonyl (C=O) groups is 1. The van der Waals surface area contributed by atoms with Crippen LogP contribution in [0.1, 0.15) is 43.5 Å². The summed E-state index contributed by atoms with van der Waals surface area (Å²) < 4.78 is 0. The van der Waals surface area contributed by atoms with E-state index in [0.717, 1.165) is 19.3 Å². The highest BCUT2D eigenvalue weighted by Crippen LogP contribution is 2.29. The molecule has 1 aliphatic carbocycles. The molecule has 1 aromatic heterocycles. The highest BCUT2D eigenvalue weighted by Gasteiger charge is 2.24. The molecule has 1 unspecified atom stereocenters. The largest absolute Gasteiger partial charge is 0.396 e. The van der Waals surface area contributed by atoms with Gasteiger partial charge in [0.15, 0.2) is 0 Å². The third kappa shape index (κ3) is 4.15. The van der Waals surface area contributed by atoms with Crippen LogP contribution in [-0.2, 0) is 12.8 Å². The van der Waals surface area contributed by atoms with Gasteiger partial charge in [0.25, 0.3) is 0 Å². The Balaban J connectivity index is 1.62. The van der Waals surface area contributed by atoms with Gasteiger partial charge in [0, 0.05) is 35.8 Å². The summed E-state index contributed by atoms with van der Waals surface area (Å²) in [5.74, 6) is 0. The maximum atomic E-state index is 12.2. The van der Waals surface area contributed by atoms with Gasteiger partial charge in [-0.15, -0.1) is 0 Å². The van der Waals surface area contributed by atoms with Crippen molar-refractivity contribution in [1.82, 2.24) is 15.6 Å². The molecule has 5 heteroatoms. The second-order valence-electron chi connectivity index (χ2n) is 8.04. The van der Waals surface area contributed by atoms with E-state index < -0.39 is 0 Å². The third-order valence-corrected chi connectivity index (χ3v) is 5.19. The van der Waals surface area contributed by atoms with Gasteiger partial charge in [-0.2, -0.15) is 0 Å². The van der Waals surface area contributed by atoms with E-state index in [0.29, 0.717) is 13.0 Å². The van der Waals surface area contributed by atoms with E-state index in [1.165, 1.54) is 27.7 Å². The van der Waals surface area contributed by atoms with Crippen molar-refractivity contribution in [2.75, 3.05) is 13.2 Å². The molecule has 5 nitrogen and oxygen atoms in total. The van der Waals surface area contributed by atoms with Gasteiger partial charge in [0.2, 0.25) is 0 Å². The zero-order valence-corrected chi connectivity index (χ0v) is 15.4. The monoisotopic (exact) mass is 343 g/mol. The van der Waals surface area contributed by atoms with E-state index in [1.807, 2.05) is 13.8 Å². The fraction of sp³-hybridized carbons (Fsp3) is 0.550. The molecule has 25 heavy (non-hydrogen) atoms. The number of carbonyl (C=O) groups excluding carboxylic acids is 1. The number of hydrogen-bond donors (Lipinski definition) is 4. The van der Waals surface area contributed by atoms with E-state index in [-0.39, 0.29) is 24.1 Å². The average Bonchev–Trinajstić information content (AvgIpc) is 2.90. The van der Waals surface area contributed by atoms with Crippen LogP contribution in [-0.4, -0.2) is 35.3 Å². The van der Waals surface area contributed by atoms with Crippen molar-refractivity contribution >= 4 is 16.9 Å². The first kappa shape index (κ1) is 17.8. The molecule has 2 aromatic rings. The van der Waals surface area contributed by atoms with E-state index >= 15 is 0 Å². The number of aliphatic hydroxyl groups is 1. The molecule has 136 valence electrons. The van der Waals surface area contributed by atoms with Crippen molar-refractivity contribution in [2.24, 2.45) is 5.41 Å². The molecular formula is C20H29N3O2. The number of aryl methyl sites for hydroxylation is 2. The molecule has 0 bridgehead atoms. The van der Waals surface area contributed by atoms with Crippen LogP contribution in [0.2, 0.25) is 0 Å². The first-order chi connectivity index (χ1) is 11.9. The van der Waals surface area contributed by atoms with Gasteiger partial charge in [-0.05, 0) is 55.7 Å². The lowest BCUT2D eigenvalue weighted by molar-refractivity contribution is 0.200. The van der Waals surface area contributed by atoms with Crippen LogP contribution in [0.25, 0.3) is 10.9 Å². The van der Waals surface area contributed by atoms with Crippen LogP contribution < -0.4 is 10.6 Å². The highest BCUT2D eigenvalue weighted by atomic mass is 16.3. The molecule has 1 aliphatic rings. The molecule has 0 saturated heterocycles. The molecule has 4 N–H and O–H groups in total. The summed E-state index contributed by atoms with van der Waals surface area (Å²) in [4.78, 5) is 15.8. The van der Waals surface area contributed by atoms with Crippen molar-refractivity contribution in [1.29, 1.82) is 0 Å². The van der Waals surface area contributed by atoms with Crippen LogP contribution >= 0.6 is 0 Å². The number of aromatic amines is 1. The van der Waals surface area contributed by atoms with Crippen LogP contribution in [0.15, 0.2) is 18.2 Å². The molecule has 0 spiro atoms. The maximum Gasteiger partial charge on any atom is 0.315 e. The Morgan fingerprint density at radius 3 is 2.96 bits per heavy atom. The summed E-state index contributed by atoms with van der Waals surface area (Å²) in [6.45, 7) is 6.90. The smallest absolute Gasteiger partial charge is 0.315 e. The van der Waals surface area contributed by atoms with Crippen LogP contribution in [0.3, 0.4) is 0 Å². The lowest BCUT2D eigenvalue weighted by atomic mass is 9.90. The van der Waals surface area contributed by atoms with Gasteiger partial charge < -0.3 is 20.7 Å². The van der Waals surface area contributed by atoms with Gasteiger partial charge in [-0.1, -0.05) is 25.5 Å². The quantitative estimate of drug-likeness (QED) is 0.673. The molecule has 0 radical (unpaired) electrons. The molecule has 2 amide bonds. The fourth-order valence-corrected chi connectivity index (χ4v) is 3.60. The lowest BCUT2D eigenvalue weighted by Crippen LogP contribution is -2.46. The molecule has 0 aliphatic heterocycles. The number of benzene rings is 1. The Kier molecular flexibility index (Phi) is 5.04.